The Morgan fingerprint density at radius 3 is 2.67 bits per heavy atom. The van der Waals surface area contributed by atoms with Crippen molar-refractivity contribution in [2.75, 3.05) is 6.61 Å². The molecule has 0 saturated heterocycles. The number of non-ortho nitro benzene ring substituents is 1. The van der Waals surface area contributed by atoms with Crippen molar-refractivity contribution in [1.82, 2.24) is 4.98 Å². The van der Waals surface area contributed by atoms with Crippen LogP contribution >= 0.6 is 11.3 Å². The average Bonchev–Trinajstić information content (AvgIpc) is 3.09. The van der Waals surface area contributed by atoms with Crippen LogP contribution in [-0.4, -0.2) is 16.5 Å². The summed E-state index contributed by atoms with van der Waals surface area (Å²) in [6.07, 6.45) is 8.70. The summed E-state index contributed by atoms with van der Waals surface area (Å²) in [7, 11) is 0. The van der Waals surface area contributed by atoms with Crippen molar-refractivity contribution in [2.24, 2.45) is 0 Å². The molecule has 0 spiro atoms. The number of fused-ring (bicyclic) bond motifs is 1. The Morgan fingerprint density at radius 2 is 1.93 bits per heavy atom. The Hall–Kier alpha value is -2.73. The van der Waals surface area contributed by atoms with Gasteiger partial charge >= 0.3 is 0 Å². The highest BCUT2D eigenvalue weighted by Gasteiger charge is 2.09. The summed E-state index contributed by atoms with van der Waals surface area (Å²) < 4.78 is 6.57. The van der Waals surface area contributed by atoms with Crippen molar-refractivity contribution < 1.29 is 9.66 Å². The van der Waals surface area contributed by atoms with Gasteiger partial charge in [0.25, 0.3) is 5.69 Å². The van der Waals surface area contributed by atoms with Gasteiger partial charge in [0.2, 0.25) is 0 Å². The molecule has 1 heterocycles. The number of thiazole rings is 1. The molecule has 3 aromatic rings. The molecule has 0 saturated carbocycles. The number of hydrogen-bond donors (Lipinski definition) is 0. The van der Waals surface area contributed by atoms with E-state index in [1.807, 2.05) is 36.4 Å². The lowest BCUT2D eigenvalue weighted by molar-refractivity contribution is -0.384. The Labute approximate surface area is 162 Å². The highest BCUT2D eigenvalue weighted by molar-refractivity contribution is 7.19. The van der Waals surface area contributed by atoms with E-state index in [0.717, 1.165) is 39.6 Å². The first-order chi connectivity index (χ1) is 13.2. The standard InChI is InChI=1S/C21H22N2O3S/c1-2-3-4-5-14-26-18-10-6-16(7-11-18)8-13-21-22-19-12-9-17(23(24)25)15-20(19)27-21/h6-13,15H,2-5,14H2,1H3. The monoisotopic (exact) mass is 382 g/mol. The first-order valence-corrected chi connectivity index (χ1v) is 9.93. The summed E-state index contributed by atoms with van der Waals surface area (Å²) in [6.45, 7) is 2.96. The number of ether oxygens (including phenoxy) is 1. The van der Waals surface area contributed by atoms with E-state index in [1.165, 1.54) is 36.7 Å². The zero-order chi connectivity index (χ0) is 19.1. The second kappa shape index (κ2) is 9.28. The fourth-order valence-corrected chi connectivity index (χ4v) is 3.58. The molecule has 0 bridgehead atoms. The van der Waals surface area contributed by atoms with Crippen molar-refractivity contribution in [3.8, 4) is 5.75 Å². The Balaban J connectivity index is 1.60. The van der Waals surface area contributed by atoms with Crippen LogP contribution in [0.4, 0.5) is 5.69 Å². The van der Waals surface area contributed by atoms with E-state index in [-0.39, 0.29) is 10.6 Å². The van der Waals surface area contributed by atoms with Crippen LogP contribution in [0.5, 0.6) is 5.75 Å². The zero-order valence-corrected chi connectivity index (χ0v) is 16.1. The Morgan fingerprint density at radius 1 is 1.11 bits per heavy atom. The third kappa shape index (κ3) is 5.37. The minimum Gasteiger partial charge on any atom is -0.494 e. The largest absolute Gasteiger partial charge is 0.494 e. The fourth-order valence-electron chi connectivity index (χ4n) is 2.68. The van der Waals surface area contributed by atoms with Crippen molar-refractivity contribution in [3.05, 3.63) is 63.1 Å². The molecule has 6 heteroatoms. The highest BCUT2D eigenvalue weighted by Crippen LogP contribution is 2.27. The molecular weight excluding hydrogens is 360 g/mol. The van der Waals surface area contributed by atoms with Gasteiger partial charge in [0, 0.05) is 12.1 Å². The predicted octanol–water partition coefficient (Wildman–Crippen LogP) is 6.33. The van der Waals surface area contributed by atoms with Gasteiger partial charge in [0.05, 0.1) is 21.7 Å². The summed E-state index contributed by atoms with van der Waals surface area (Å²) in [5.41, 5.74) is 1.92. The average molecular weight is 382 g/mol. The SMILES string of the molecule is CCCCCCOc1ccc(C=Cc2nc3ccc([N+](=O)[O-])cc3s2)cc1. The van der Waals surface area contributed by atoms with E-state index < -0.39 is 0 Å². The lowest BCUT2D eigenvalue weighted by Gasteiger charge is -2.05. The summed E-state index contributed by atoms with van der Waals surface area (Å²) >= 11 is 1.44. The van der Waals surface area contributed by atoms with Crippen LogP contribution in [0.1, 0.15) is 43.2 Å². The maximum Gasteiger partial charge on any atom is 0.270 e. The number of nitro benzene ring substituents is 1. The van der Waals surface area contributed by atoms with Crippen molar-refractivity contribution in [1.29, 1.82) is 0 Å². The summed E-state index contributed by atoms with van der Waals surface area (Å²) in [4.78, 5) is 15.0. The number of aromatic nitrogens is 1. The Bertz CT molecular complexity index is 932. The van der Waals surface area contributed by atoms with Crippen LogP contribution in [0.25, 0.3) is 22.4 Å². The molecule has 140 valence electrons. The normalized spacial score (nSPS) is 11.3. The maximum absolute atomic E-state index is 10.9. The van der Waals surface area contributed by atoms with E-state index in [1.54, 1.807) is 12.1 Å². The van der Waals surface area contributed by atoms with E-state index in [2.05, 4.69) is 11.9 Å². The van der Waals surface area contributed by atoms with E-state index >= 15 is 0 Å². The van der Waals surface area contributed by atoms with Gasteiger partial charge in [0.15, 0.2) is 0 Å². The van der Waals surface area contributed by atoms with Crippen LogP contribution in [-0.2, 0) is 0 Å². The van der Waals surface area contributed by atoms with Gasteiger partial charge in [-0.2, -0.15) is 0 Å². The molecule has 0 radical (unpaired) electrons. The molecule has 0 fully saturated rings. The lowest BCUT2D eigenvalue weighted by atomic mass is 10.2. The van der Waals surface area contributed by atoms with Gasteiger partial charge < -0.3 is 4.74 Å². The molecule has 0 aliphatic rings. The van der Waals surface area contributed by atoms with E-state index in [4.69, 9.17) is 4.74 Å². The van der Waals surface area contributed by atoms with Crippen LogP contribution < -0.4 is 4.74 Å². The molecule has 27 heavy (non-hydrogen) atoms. The number of nitro groups is 1. The lowest BCUT2D eigenvalue weighted by Crippen LogP contribution is -1.96. The van der Waals surface area contributed by atoms with Gasteiger partial charge in [-0.25, -0.2) is 4.98 Å². The van der Waals surface area contributed by atoms with Crippen LogP contribution in [0.15, 0.2) is 42.5 Å². The van der Waals surface area contributed by atoms with Gasteiger partial charge in [-0.15, -0.1) is 11.3 Å². The van der Waals surface area contributed by atoms with Crippen LogP contribution in [0, 0.1) is 10.1 Å². The number of benzene rings is 2. The predicted molar refractivity (Wildman–Crippen MR) is 111 cm³/mol. The molecule has 0 atom stereocenters. The topological polar surface area (TPSA) is 65.3 Å². The van der Waals surface area contributed by atoms with Crippen LogP contribution in [0.3, 0.4) is 0 Å². The third-order valence-electron chi connectivity index (χ3n) is 4.16. The van der Waals surface area contributed by atoms with Gasteiger partial charge in [-0.3, -0.25) is 10.1 Å². The summed E-state index contributed by atoms with van der Waals surface area (Å²) in [5, 5.41) is 11.7. The number of rotatable bonds is 9. The summed E-state index contributed by atoms with van der Waals surface area (Å²) in [6, 6.07) is 12.7. The van der Waals surface area contributed by atoms with E-state index in [0.29, 0.717) is 0 Å². The molecular formula is C21H22N2O3S. The van der Waals surface area contributed by atoms with Crippen LogP contribution in [0.2, 0.25) is 0 Å². The quantitative estimate of drug-likeness (QED) is 0.246. The molecule has 2 aromatic carbocycles. The number of hydrogen-bond acceptors (Lipinski definition) is 5. The second-order valence-electron chi connectivity index (χ2n) is 6.27. The minimum atomic E-state index is -0.387. The number of unbranched alkanes of at least 4 members (excludes halogenated alkanes) is 3. The Kier molecular flexibility index (Phi) is 6.54. The van der Waals surface area contributed by atoms with Gasteiger partial charge in [-0.05, 0) is 36.3 Å². The van der Waals surface area contributed by atoms with Gasteiger partial charge in [-0.1, -0.05) is 44.4 Å². The first-order valence-electron chi connectivity index (χ1n) is 9.11. The molecule has 1 aromatic heterocycles. The van der Waals surface area contributed by atoms with Gasteiger partial charge in [0.1, 0.15) is 10.8 Å². The van der Waals surface area contributed by atoms with E-state index in [9.17, 15) is 10.1 Å². The maximum atomic E-state index is 10.9. The highest BCUT2D eigenvalue weighted by atomic mass is 32.1. The fraction of sp³-hybridized carbons (Fsp3) is 0.286. The molecule has 5 nitrogen and oxygen atoms in total. The zero-order valence-electron chi connectivity index (χ0n) is 15.3. The van der Waals surface area contributed by atoms with Crippen molar-refractivity contribution >= 4 is 39.4 Å². The van der Waals surface area contributed by atoms with Crippen molar-refractivity contribution in [3.63, 3.8) is 0 Å². The second-order valence-corrected chi connectivity index (χ2v) is 7.33. The minimum absolute atomic E-state index is 0.0898. The molecule has 0 aliphatic carbocycles. The number of nitrogens with zero attached hydrogens (tertiary/aromatic N) is 2. The third-order valence-corrected chi connectivity index (χ3v) is 5.15. The molecule has 3 rings (SSSR count). The molecule has 0 aliphatic heterocycles. The van der Waals surface area contributed by atoms with Crippen molar-refractivity contribution in [2.45, 2.75) is 32.6 Å². The first kappa shape index (κ1) is 19.0. The molecule has 0 unspecified atom stereocenters. The molecule has 0 amide bonds. The molecule has 0 N–H and O–H groups in total. The smallest absolute Gasteiger partial charge is 0.270 e. The summed E-state index contributed by atoms with van der Waals surface area (Å²) in [5.74, 6) is 0.885.